The highest BCUT2D eigenvalue weighted by Crippen LogP contribution is 2.26. The third kappa shape index (κ3) is 5.95. The molecule has 1 fully saturated rings. The van der Waals surface area contributed by atoms with E-state index in [0.717, 1.165) is 42.8 Å². The van der Waals surface area contributed by atoms with Crippen LogP contribution >= 0.6 is 15.9 Å². The van der Waals surface area contributed by atoms with Crippen LogP contribution in [0.3, 0.4) is 0 Å². The standard InChI is InChI=1S/C21H31BrN4O3/c1-13(2)18(25-21(28)29-5)20(27)26-12-6-7-17(26)19(23-4)24-14(3)15-8-10-16(22)11-9-15/h8,10,13,17-18H,3,6-7,9,11-12H2,1-2,4-5H3,(H,23,24)(H,25,28). The molecule has 2 N–H and O–H groups in total. The Bertz CT molecular complexity index is 742. The summed E-state index contributed by atoms with van der Waals surface area (Å²) in [7, 11) is 3.01. The van der Waals surface area contributed by atoms with Gasteiger partial charge in [0.25, 0.3) is 0 Å². The van der Waals surface area contributed by atoms with Crippen molar-refractivity contribution in [3.05, 3.63) is 34.5 Å². The van der Waals surface area contributed by atoms with E-state index in [1.54, 1.807) is 11.9 Å². The molecule has 0 aromatic carbocycles. The molecular weight excluding hydrogens is 436 g/mol. The first-order chi connectivity index (χ1) is 13.8. The highest BCUT2D eigenvalue weighted by Gasteiger charge is 2.37. The van der Waals surface area contributed by atoms with Crippen molar-refractivity contribution >= 4 is 33.8 Å². The first-order valence-electron chi connectivity index (χ1n) is 9.91. The molecule has 2 aliphatic rings. The number of methoxy groups -OCH3 is 1. The molecule has 0 aromatic rings. The number of likely N-dealkylation sites (tertiary alicyclic amines) is 1. The topological polar surface area (TPSA) is 83.0 Å². The fourth-order valence-electron chi connectivity index (χ4n) is 3.58. The number of hydrogen-bond acceptors (Lipinski definition) is 4. The molecule has 1 aliphatic carbocycles. The maximum Gasteiger partial charge on any atom is 0.407 e. The van der Waals surface area contributed by atoms with Crippen molar-refractivity contribution in [1.82, 2.24) is 15.5 Å². The predicted octanol–water partition coefficient (Wildman–Crippen LogP) is 3.49. The van der Waals surface area contributed by atoms with Crippen LogP contribution in [-0.2, 0) is 9.53 Å². The zero-order valence-electron chi connectivity index (χ0n) is 17.6. The first-order valence-corrected chi connectivity index (χ1v) is 10.7. The van der Waals surface area contributed by atoms with E-state index in [1.165, 1.54) is 11.6 Å². The van der Waals surface area contributed by atoms with E-state index < -0.39 is 12.1 Å². The van der Waals surface area contributed by atoms with Crippen LogP contribution in [0.4, 0.5) is 4.79 Å². The molecule has 0 saturated carbocycles. The molecule has 29 heavy (non-hydrogen) atoms. The number of carbonyl (C=O) groups excluding carboxylic acids is 2. The molecule has 0 aromatic heterocycles. The molecule has 1 saturated heterocycles. The lowest BCUT2D eigenvalue weighted by atomic mass is 10.0. The van der Waals surface area contributed by atoms with Gasteiger partial charge >= 0.3 is 6.09 Å². The van der Waals surface area contributed by atoms with Crippen LogP contribution in [-0.4, -0.2) is 55.5 Å². The predicted molar refractivity (Wildman–Crippen MR) is 119 cm³/mol. The second kappa shape index (κ2) is 10.6. The minimum atomic E-state index is -0.645. The number of amides is 2. The van der Waals surface area contributed by atoms with Crippen LogP contribution in [0.25, 0.3) is 0 Å². The van der Waals surface area contributed by atoms with Gasteiger partial charge in [0.15, 0.2) is 0 Å². The molecular formula is C21H31BrN4O3. The van der Waals surface area contributed by atoms with Crippen molar-refractivity contribution < 1.29 is 14.3 Å². The SMILES string of the molecule is C=C(NC(=NC)C1CCCN1C(=O)C(NC(=O)OC)C(C)C)C1=CC=C(Br)CC1. The normalized spacial score (nSPS) is 20.7. The summed E-state index contributed by atoms with van der Waals surface area (Å²) < 4.78 is 5.85. The summed E-state index contributed by atoms with van der Waals surface area (Å²) in [5.74, 6) is 0.534. The number of ether oxygens (including phenoxy) is 1. The Hall–Kier alpha value is -2.09. The van der Waals surface area contributed by atoms with Gasteiger partial charge in [0.1, 0.15) is 11.9 Å². The van der Waals surface area contributed by atoms with Crippen LogP contribution in [0.1, 0.15) is 39.5 Å². The van der Waals surface area contributed by atoms with E-state index in [9.17, 15) is 9.59 Å². The van der Waals surface area contributed by atoms with E-state index in [2.05, 4.69) is 42.9 Å². The molecule has 1 aliphatic heterocycles. The third-order valence-corrected chi connectivity index (χ3v) is 5.91. The Kier molecular flexibility index (Phi) is 8.49. The highest BCUT2D eigenvalue weighted by molar-refractivity contribution is 9.11. The van der Waals surface area contributed by atoms with Gasteiger partial charge in [-0.25, -0.2) is 4.79 Å². The van der Waals surface area contributed by atoms with Crippen LogP contribution < -0.4 is 10.6 Å². The second-order valence-corrected chi connectivity index (χ2v) is 8.58. The number of alkyl carbamates (subject to hydrolysis) is 1. The Morgan fingerprint density at radius 2 is 2.07 bits per heavy atom. The molecule has 2 amide bonds. The van der Waals surface area contributed by atoms with Gasteiger partial charge in [-0.05, 0) is 41.7 Å². The summed E-state index contributed by atoms with van der Waals surface area (Å²) in [6.07, 6.45) is 7.00. The second-order valence-electron chi connectivity index (χ2n) is 7.57. The van der Waals surface area contributed by atoms with Crippen molar-refractivity contribution in [2.45, 2.75) is 51.6 Å². The molecule has 0 spiro atoms. The maximum absolute atomic E-state index is 13.2. The van der Waals surface area contributed by atoms with Gasteiger partial charge in [-0.15, -0.1) is 0 Å². The zero-order chi connectivity index (χ0) is 21.6. The Labute approximate surface area is 181 Å². The summed E-state index contributed by atoms with van der Waals surface area (Å²) in [4.78, 5) is 31.1. The highest BCUT2D eigenvalue weighted by atomic mass is 79.9. The van der Waals surface area contributed by atoms with Gasteiger partial charge in [-0.2, -0.15) is 0 Å². The minimum absolute atomic E-state index is 0.0644. The fourth-order valence-corrected chi connectivity index (χ4v) is 3.91. The molecule has 2 unspecified atom stereocenters. The van der Waals surface area contributed by atoms with E-state index in [0.29, 0.717) is 6.54 Å². The van der Waals surface area contributed by atoms with E-state index in [-0.39, 0.29) is 17.9 Å². The number of halogens is 1. The van der Waals surface area contributed by atoms with Crippen molar-refractivity contribution in [1.29, 1.82) is 0 Å². The summed E-state index contributed by atoms with van der Waals surface area (Å²) in [5, 5.41) is 6.00. The largest absolute Gasteiger partial charge is 0.453 e. The quantitative estimate of drug-likeness (QED) is 0.463. The zero-order valence-corrected chi connectivity index (χ0v) is 19.2. The smallest absolute Gasteiger partial charge is 0.407 e. The minimum Gasteiger partial charge on any atom is -0.453 e. The number of amidine groups is 1. The first kappa shape index (κ1) is 23.2. The number of allylic oxidation sites excluding steroid dienone is 4. The Morgan fingerprint density at radius 1 is 1.34 bits per heavy atom. The lowest BCUT2D eigenvalue weighted by Crippen LogP contribution is -2.55. The summed E-state index contributed by atoms with van der Waals surface area (Å²) >= 11 is 3.51. The van der Waals surface area contributed by atoms with Gasteiger partial charge in [0.2, 0.25) is 5.91 Å². The third-order valence-electron chi connectivity index (χ3n) is 5.25. The van der Waals surface area contributed by atoms with E-state index >= 15 is 0 Å². The van der Waals surface area contributed by atoms with Crippen LogP contribution in [0.5, 0.6) is 0 Å². The molecule has 2 rings (SSSR count). The van der Waals surface area contributed by atoms with Crippen molar-refractivity contribution in [3.63, 3.8) is 0 Å². The number of aliphatic imine (C=N–C) groups is 1. The lowest BCUT2D eigenvalue weighted by Gasteiger charge is -2.32. The number of nitrogens with one attached hydrogen (secondary N) is 2. The van der Waals surface area contributed by atoms with Gasteiger partial charge in [-0.3, -0.25) is 9.79 Å². The molecule has 7 nitrogen and oxygen atoms in total. The molecule has 0 radical (unpaired) electrons. The average molecular weight is 467 g/mol. The van der Waals surface area contributed by atoms with Gasteiger partial charge < -0.3 is 20.3 Å². The summed E-state index contributed by atoms with van der Waals surface area (Å²) in [5.41, 5.74) is 1.92. The van der Waals surface area contributed by atoms with Crippen molar-refractivity contribution in [2.24, 2.45) is 10.9 Å². The Balaban J connectivity index is 2.13. The summed E-state index contributed by atoms with van der Waals surface area (Å²) in [6.45, 7) is 8.60. The number of nitrogens with zero attached hydrogens (tertiary/aromatic N) is 2. The number of hydrogen-bond donors (Lipinski definition) is 2. The van der Waals surface area contributed by atoms with E-state index in [1.807, 2.05) is 26.0 Å². The van der Waals surface area contributed by atoms with Gasteiger partial charge in [-0.1, -0.05) is 48.5 Å². The van der Waals surface area contributed by atoms with Crippen LogP contribution in [0, 0.1) is 5.92 Å². The monoisotopic (exact) mass is 466 g/mol. The fraction of sp³-hybridized carbons (Fsp3) is 0.571. The lowest BCUT2D eigenvalue weighted by molar-refractivity contribution is -0.134. The molecule has 1 heterocycles. The molecule has 2 atom stereocenters. The van der Waals surface area contributed by atoms with Gasteiger partial charge in [0.05, 0.1) is 13.2 Å². The summed E-state index contributed by atoms with van der Waals surface area (Å²) in [6, 6.07) is -0.815. The molecule has 8 heteroatoms. The number of carbonyl (C=O) groups is 2. The van der Waals surface area contributed by atoms with E-state index in [4.69, 9.17) is 0 Å². The van der Waals surface area contributed by atoms with Crippen molar-refractivity contribution in [3.8, 4) is 0 Å². The van der Waals surface area contributed by atoms with Crippen LogP contribution in [0.2, 0.25) is 0 Å². The molecule has 160 valence electrons. The number of rotatable bonds is 6. The molecule has 0 bridgehead atoms. The maximum atomic E-state index is 13.2. The van der Waals surface area contributed by atoms with Crippen LogP contribution in [0.15, 0.2) is 39.5 Å². The average Bonchev–Trinajstić information content (AvgIpc) is 3.19. The Morgan fingerprint density at radius 3 is 2.62 bits per heavy atom. The van der Waals surface area contributed by atoms with Crippen molar-refractivity contribution in [2.75, 3.05) is 20.7 Å². The van der Waals surface area contributed by atoms with Gasteiger partial charge in [0, 0.05) is 19.3 Å².